The molecule has 2 aromatic rings. The molecule has 0 radical (unpaired) electrons. The van der Waals surface area contributed by atoms with E-state index < -0.39 is 0 Å². The highest BCUT2D eigenvalue weighted by Gasteiger charge is 2.06. The van der Waals surface area contributed by atoms with Crippen LogP contribution >= 0.6 is 24.0 Å². The molecule has 0 spiro atoms. The molecule has 146 valence electrons. The molecule has 27 heavy (non-hydrogen) atoms. The van der Waals surface area contributed by atoms with Crippen LogP contribution in [-0.4, -0.2) is 29.1 Å². The van der Waals surface area contributed by atoms with Gasteiger partial charge < -0.3 is 15.2 Å². The zero-order chi connectivity index (χ0) is 18.0. The number of nitrogens with zero attached hydrogens (tertiary/aromatic N) is 3. The summed E-state index contributed by atoms with van der Waals surface area (Å²) in [6.45, 7) is 2.41. The first kappa shape index (κ1) is 21.5. The molecule has 1 aliphatic rings. The van der Waals surface area contributed by atoms with Gasteiger partial charge in [-0.25, -0.2) is 4.98 Å². The number of benzene rings is 1. The van der Waals surface area contributed by atoms with Crippen LogP contribution in [-0.2, 0) is 13.1 Å². The van der Waals surface area contributed by atoms with Crippen molar-refractivity contribution in [2.75, 3.05) is 13.6 Å². The maximum Gasteiger partial charge on any atom is 0.191 e. The fourth-order valence-electron chi connectivity index (χ4n) is 3.29. The van der Waals surface area contributed by atoms with E-state index in [9.17, 15) is 0 Å². The highest BCUT2D eigenvalue weighted by molar-refractivity contribution is 14.0. The minimum absolute atomic E-state index is 0. The largest absolute Gasteiger partial charge is 0.356 e. The van der Waals surface area contributed by atoms with E-state index in [0.29, 0.717) is 6.54 Å². The first-order valence-corrected chi connectivity index (χ1v) is 9.51. The van der Waals surface area contributed by atoms with E-state index in [0.717, 1.165) is 31.3 Å². The van der Waals surface area contributed by atoms with E-state index in [1.54, 1.807) is 5.57 Å². The van der Waals surface area contributed by atoms with Gasteiger partial charge in [0.25, 0.3) is 0 Å². The molecule has 0 amide bonds. The molecule has 5 nitrogen and oxygen atoms in total. The topological polar surface area (TPSA) is 54.2 Å². The maximum atomic E-state index is 4.48. The van der Waals surface area contributed by atoms with Crippen molar-refractivity contribution in [3.63, 3.8) is 0 Å². The van der Waals surface area contributed by atoms with E-state index in [1.165, 1.54) is 31.2 Å². The predicted octanol–water partition coefficient (Wildman–Crippen LogP) is 4.10. The summed E-state index contributed by atoms with van der Waals surface area (Å²) in [5.74, 6) is 1.84. The second kappa shape index (κ2) is 11.8. The molecule has 0 bridgehead atoms. The van der Waals surface area contributed by atoms with Crippen molar-refractivity contribution in [2.45, 2.75) is 45.2 Å². The molecule has 1 heterocycles. The number of aromatic nitrogens is 2. The van der Waals surface area contributed by atoms with Gasteiger partial charge in [-0.05, 0) is 37.7 Å². The molecule has 1 aromatic heterocycles. The fraction of sp³-hybridized carbons (Fsp3) is 0.429. The monoisotopic (exact) mass is 479 g/mol. The van der Waals surface area contributed by atoms with Crippen molar-refractivity contribution in [2.24, 2.45) is 4.99 Å². The smallest absolute Gasteiger partial charge is 0.191 e. The van der Waals surface area contributed by atoms with Gasteiger partial charge in [0, 0.05) is 32.5 Å². The molecule has 0 fully saturated rings. The van der Waals surface area contributed by atoms with E-state index in [4.69, 9.17) is 0 Å². The molecule has 1 aromatic carbocycles. The molecule has 0 unspecified atom stereocenters. The van der Waals surface area contributed by atoms with Crippen molar-refractivity contribution in [1.29, 1.82) is 0 Å². The minimum Gasteiger partial charge on any atom is -0.356 e. The van der Waals surface area contributed by atoms with Crippen molar-refractivity contribution in [3.05, 3.63) is 65.8 Å². The number of hydrogen-bond donors (Lipinski definition) is 2. The van der Waals surface area contributed by atoms with Crippen molar-refractivity contribution < 1.29 is 0 Å². The Kier molecular flexibility index (Phi) is 9.38. The quantitative estimate of drug-likeness (QED) is 0.272. The van der Waals surface area contributed by atoms with E-state index in [-0.39, 0.29) is 24.0 Å². The van der Waals surface area contributed by atoms with Crippen LogP contribution in [0.15, 0.2) is 59.4 Å². The number of nitrogens with one attached hydrogen (secondary N) is 2. The molecule has 3 rings (SSSR count). The fourth-order valence-corrected chi connectivity index (χ4v) is 3.29. The van der Waals surface area contributed by atoms with E-state index in [2.05, 4.69) is 55.5 Å². The second-order valence-corrected chi connectivity index (χ2v) is 6.67. The zero-order valence-electron chi connectivity index (χ0n) is 16.0. The normalized spacial score (nSPS) is 14.3. The molecule has 0 saturated carbocycles. The summed E-state index contributed by atoms with van der Waals surface area (Å²) in [5.41, 5.74) is 2.85. The summed E-state index contributed by atoms with van der Waals surface area (Å²) in [5, 5.41) is 6.78. The molecular weight excluding hydrogens is 449 g/mol. The number of imidazole rings is 1. The lowest BCUT2D eigenvalue weighted by atomic mass is 9.97. The molecule has 2 N–H and O–H groups in total. The highest BCUT2D eigenvalue weighted by atomic mass is 127. The van der Waals surface area contributed by atoms with Gasteiger partial charge in [-0.3, -0.25) is 4.99 Å². The predicted molar refractivity (Wildman–Crippen MR) is 123 cm³/mol. The van der Waals surface area contributed by atoms with Gasteiger partial charge in [0.1, 0.15) is 5.82 Å². The van der Waals surface area contributed by atoms with Gasteiger partial charge in [-0.15, -0.1) is 24.0 Å². The Morgan fingerprint density at radius 2 is 2.04 bits per heavy atom. The Morgan fingerprint density at radius 3 is 2.78 bits per heavy atom. The van der Waals surface area contributed by atoms with Crippen LogP contribution in [0.1, 0.15) is 43.5 Å². The third-order valence-corrected chi connectivity index (χ3v) is 4.76. The summed E-state index contributed by atoms with van der Waals surface area (Å²) in [6.07, 6.45) is 12.6. The van der Waals surface area contributed by atoms with Crippen LogP contribution < -0.4 is 10.6 Å². The molecule has 0 aliphatic heterocycles. The summed E-state index contributed by atoms with van der Waals surface area (Å²) in [6, 6.07) is 10.4. The number of guanidine groups is 1. The molecule has 0 saturated heterocycles. The third-order valence-electron chi connectivity index (χ3n) is 4.76. The average Bonchev–Trinajstić information content (AvgIpc) is 3.13. The van der Waals surface area contributed by atoms with Gasteiger partial charge in [0.05, 0.1) is 6.54 Å². The van der Waals surface area contributed by atoms with Crippen LogP contribution in [0.25, 0.3) is 0 Å². The number of allylic oxidation sites excluding steroid dienone is 1. The standard InChI is InChI=1S/C21H29N5.HI/c1-22-21(24-13-12-18-8-4-2-5-9-18)25-16-20-23-14-15-26(20)17-19-10-6-3-7-11-19;/h3,6-8,10-11,14-15H,2,4-5,9,12-13,16-17H2,1H3,(H2,22,24,25);1H. The van der Waals surface area contributed by atoms with Crippen molar-refractivity contribution in [1.82, 2.24) is 20.2 Å². The summed E-state index contributed by atoms with van der Waals surface area (Å²) < 4.78 is 2.17. The number of hydrogen-bond acceptors (Lipinski definition) is 2. The molecule has 1 aliphatic carbocycles. The van der Waals surface area contributed by atoms with Gasteiger partial charge >= 0.3 is 0 Å². The Labute approximate surface area is 179 Å². The second-order valence-electron chi connectivity index (χ2n) is 6.67. The van der Waals surface area contributed by atoms with Gasteiger partial charge in [-0.1, -0.05) is 42.0 Å². The number of halogens is 1. The van der Waals surface area contributed by atoms with Crippen LogP contribution in [0.3, 0.4) is 0 Å². The van der Waals surface area contributed by atoms with E-state index >= 15 is 0 Å². The SMILES string of the molecule is CN=C(NCCC1=CCCCC1)NCc1nccn1Cc1ccccc1.I. The molecular formula is C21H30IN5. The van der Waals surface area contributed by atoms with Gasteiger partial charge in [0.2, 0.25) is 0 Å². The van der Waals surface area contributed by atoms with Crippen molar-refractivity contribution in [3.8, 4) is 0 Å². The summed E-state index contributed by atoms with van der Waals surface area (Å²) in [7, 11) is 1.81. The highest BCUT2D eigenvalue weighted by Crippen LogP contribution is 2.19. The zero-order valence-corrected chi connectivity index (χ0v) is 18.4. The Balaban J connectivity index is 0.00000261. The lowest BCUT2D eigenvalue weighted by Crippen LogP contribution is -2.38. The summed E-state index contributed by atoms with van der Waals surface area (Å²) >= 11 is 0. The van der Waals surface area contributed by atoms with Gasteiger partial charge in [-0.2, -0.15) is 0 Å². The van der Waals surface area contributed by atoms with Crippen LogP contribution in [0.4, 0.5) is 0 Å². The van der Waals surface area contributed by atoms with Crippen LogP contribution in [0.5, 0.6) is 0 Å². The lowest BCUT2D eigenvalue weighted by molar-refractivity contribution is 0.660. The molecule has 6 heteroatoms. The first-order valence-electron chi connectivity index (χ1n) is 9.51. The van der Waals surface area contributed by atoms with E-state index in [1.807, 2.05) is 25.5 Å². The Morgan fingerprint density at radius 1 is 1.19 bits per heavy atom. The van der Waals surface area contributed by atoms with Crippen LogP contribution in [0, 0.1) is 0 Å². The third kappa shape index (κ3) is 7.01. The van der Waals surface area contributed by atoms with Gasteiger partial charge in [0.15, 0.2) is 5.96 Å². The average molecular weight is 479 g/mol. The maximum absolute atomic E-state index is 4.48. The van der Waals surface area contributed by atoms with Crippen molar-refractivity contribution >= 4 is 29.9 Å². The number of rotatable bonds is 7. The number of aliphatic imine (C=N–C) groups is 1. The summed E-state index contributed by atoms with van der Waals surface area (Å²) in [4.78, 5) is 8.80. The first-order chi connectivity index (χ1) is 12.8. The Hall–Kier alpha value is -1.83. The Bertz CT molecular complexity index is 736. The van der Waals surface area contributed by atoms with Crippen LogP contribution in [0.2, 0.25) is 0 Å². The lowest BCUT2D eigenvalue weighted by Gasteiger charge is -2.15. The molecule has 0 atom stereocenters. The minimum atomic E-state index is 0.